The summed E-state index contributed by atoms with van der Waals surface area (Å²) < 4.78 is 4.24. The Kier molecular flexibility index (Phi) is 6.13. The largest absolute Gasteiger partial charge is 0.397 e. The summed E-state index contributed by atoms with van der Waals surface area (Å²) in [7, 11) is 3.44. The number of nitrogen functional groups attached to an aromatic ring is 1. The minimum absolute atomic E-state index is 0.0657. The molecule has 0 atom stereocenters. The lowest BCUT2D eigenvalue weighted by Crippen LogP contribution is -2.44. The standard InChI is InChI=1S/C25H30N8O2/c1-6-7-12-32-20-21(29-23(32)30(4)15-25(2,3)27)31(5)24(35)33(22(20)34)14-19-17(26)13-16-10-8-9-11-18(16)28-19/h8-11,13H,12,14-15,26-27H2,1-5H3. The lowest BCUT2D eigenvalue weighted by Gasteiger charge is -2.27. The van der Waals surface area contributed by atoms with Crippen molar-refractivity contribution in [3.8, 4) is 11.8 Å². The quantitative estimate of drug-likeness (QED) is 0.403. The molecule has 0 aliphatic rings. The van der Waals surface area contributed by atoms with E-state index in [4.69, 9.17) is 11.5 Å². The SMILES string of the molecule is CC#CCn1c(N(C)CC(C)(C)N)nc2c1c(=O)n(Cc1nc3ccccc3cc1N)c(=O)n2C. The lowest BCUT2D eigenvalue weighted by atomic mass is 10.1. The normalized spacial score (nSPS) is 11.6. The van der Waals surface area contributed by atoms with Crippen LogP contribution in [0.2, 0.25) is 0 Å². The fourth-order valence-electron chi connectivity index (χ4n) is 4.23. The second kappa shape index (κ2) is 8.92. The highest BCUT2D eigenvalue weighted by atomic mass is 16.2. The van der Waals surface area contributed by atoms with Crippen LogP contribution in [0.15, 0.2) is 39.9 Å². The Morgan fingerprint density at radius 3 is 2.54 bits per heavy atom. The Bertz CT molecular complexity index is 1610. The van der Waals surface area contributed by atoms with E-state index in [-0.39, 0.29) is 24.3 Å². The second-order valence-electron chi connectivity index (χ2n) is 9.39. The molecular weight excluding hydrogens is 444 g/mol. The van der Waals surface area contributed by atoms with Gasteiger partial charge in [0.15, 0.2) is 11.2 Å². The molecule has 0 saturated carbocycles. The van der Waals surface area contributed by atoms with E-state index in [9.17, 15) is 9.59 Å². The maximum atomic E-state index is 13.7. The third kappa shape index (κ3) is 4.50. The monoisotopic (exact) mass is 474 g/mol. The molecule has 4 aromatic rings. The minimum Gasteiger partial charge on any atom is -0.397 e. The molecule has 3 heterocycles. The molecule has 0 aliphatic heterocycles. The van der Waals surface area contributed by atoms with Crippen LogP contribution < -0.4 is 27.6 Å². The van der Waals surface area contributed by atoms with Crippen LogP contribution in [0.25, 0.3) is 22.1 Å². The first kappa shape index (κ1) is 24.0. The van der Waals surface area contributed by atoms with Crippen molar-refractivity contribution in [2.45, 2.75) is 39.4 Å². The van der Waals surface area contributed by atoms with E-state index in [0.717, 1.165) is 15.5 Å². The molecule has 0 aliphatic carbocycles. The van der Waals surface area contributed by atoms with Crippen molar-refractivity contribution in [3.63, 3.8) is 0 Å². The first-order valence-electron chi connectivity index (χ1n) is 11.3. The van der Waals surface area contributed by atoms with E-state index in [1.165, 1.54) is 4.57 Å². The van der Waals surface area contributed by atoms with Gasteiger partial charge in [-0.05, 0) is 32.9 Å². The molecule has 0 saturated heterocycles. The highest BCUT2D eigenvalue weighted by Gasteiger charge is 2.24. The molecule has 4 N–H and O–H groups in total. The Labute approximate surface area is 202 Å². The Hall–Kier alpha value is -4.10. The third-order valence-corrected chi connectivity index (χ3v) is 5.76. The lowest BCUT2D eigenvalue weighted by molar-refractivity contribution is 0.512. The van der Waals surface area contributed by atoms with Gasteiger partial charge in [-0.3, -0.25) is 18.5 Å². The molecule has 10 heteroatoms. The minimum atomic E-state index is -0.503. The number of anilines is 2. The van der Waals surface area contributed by atoms with Crippen molar-refractivity contribution in [1.29, 1.82) is 0 Å². The molecule has 35 heavy (non-hydrogen) atoms. The van der Waals surface area contributed by atoms with Crippen molar-refractivity contribution in [2.75, 3.05) is 24.2 Å². The zero-order valence-electron chi connectivity index (χ0n) is 20.7. The second-order valence-corrected chi connectivity index (χ2v) is 9.39. The zero-order chi connectivity index (χ0) is 25.5. The molecule has 0 radical (unpaired) electrons. The van der Waals surface area contributed by atoms with Gasteiger partial charge in [-0.1, -0.05) is 24.1 Å². The molecule has 0 fully saturated rings. The molecular formula is C25H30N8O2. The van der Waals surface area contributed by atoms with Crippen LogP contribution >= 0.6 is 0 Å². The van der Waals surface area contributed by atoms with E-state index in [0.29, 0.717) is 23.9 Å². The summed E-state index contributed by atoms with van der Waals surface area (Å²) >= 11 is 0. The Morgan fingerprint density at radius 2 is 1.86 bits per heavy atom. The number of likely N-dealkylation sites (N-methyl/N-ethyl adjacent to an activating group) is 1. The van der Waals surface area contributed by atoms with Crippen LogP contribution in [0.1, 0.15) is 26.5 Å². The van der Waals surface area contributed by atoms with E-state index >= 15 is 0 Å². The highest BCUT2D eigenvalue weighted by Crippen LogP contribution is 2.21. The van der Waals surface area contributed by atoms with Crippen LogP contribution in [0.3, 0.4) is 0 Å². The number of para-hydroxylation sites is 1. The number of aromatic nitrogens is 5. The number of fused-ring (bicyclic) bond motifs is 2. The van der Waals surface area contributed by atoms with Crippen molar-refractivity contribution in [3.05, 3.63) is 56.9 Å². The van der Waals surface area contributed by atoms with Gasteiger partial charge in [0.25, 0.3) is 5.56 Å². The van der Waals surface area contributed by atoms with Crippen LogP contribution in [0.5, 0.6) is 0 Å². The number of pyridine rings is 1. The molecule has 1 aromatic carbocycles. The smallest absolute Gasteiger partial charge is 0.332 e. The summed E-state index contributed by atoms with van der Waals surface area (Å²) in [5, 5.41) is 0.885. The molecule has 182 valence electrons. The first-order chi connectivity index (χ1) is 16.5. The fourth-order valence-corrected chi connectivity index (χ4v) is 4.23. The first-order valence-corrected chi connectivity index (χ1v) is 11.3. The van der Waals surface area contributed by atoms with Gasteiger partial charge in [-0.2, -0.15) is 4.98 Å². The van der Waals surface area contributed by atoms with E-state index < -0.39 is 16.8 Å². The number of nitrogens with two attached hydrogens (primary N) is 2. The summed E-state index contributed by atoms with van der Waals surface area (Å²) in [6, 6.07) is 9.35. The summed E-state index contributed by atoms with van der Waals surface area (Å²) in [4.78, 5) is 38.1. The van der Waals surface area contributed by atoms with Gasteiger partial charge in [-0.25, -0.2) is 9.78 Å². The van der Waals surface area contributed by atoms with E-state index in [1.807, 2.05) is 50.1 Å². The van der Waals surface area contributed by atoms with Crippen molar-refractivity contribution in [2.24, 2.45) is 12.8 Å². The molecule has 0 unspecified atom stereocenters. The molecule has 0 spiro atoms. The number of aryl methyl sites for hydroxylation is 1. The number of imidazole rings is 1. The van der Waals surface area contributed by atoms with E-state index in [1.54, 1.807) is 24.6 Å². The molecule has 4 rings (SSSR count). The van der Waals surface area contributed by atoms with Crippen molar-refractivity contribution < 1.29 is 0 Å². The number of nitrogens with zero attached hydrogens (tertiary/aromatic N) is 6. The zero-order valence-corrected chi connectivity index (χ0v) is 20.7. The van der Waals surface area contributed by atoms with Gasteiger partial charge in [0, 0.05) is 31.6 Å². The topological polar surface area (TPSA) is 130 Å². The summed E-state index contributed by atoms with van der Waals surface area (Å²) in [5.74, 6) is 6.38. The van der Waals surface area contributed by atoms with Gasteiger partial charge >= 0.3 is 5.69 Å². The van der Waals surface area contributed by atoms with Gasteiger partial charge < -0.3 is 16.4 Å². The molecule has 3 aromatic heterocycles. The van der Waals surface area contributed by atoms with Gasteiger partial charge in [-0.15, -0.1) is 5.92 Å². The summed E-state index contributed by atoms with van der Waals surface area (Å²) in [6.45, 7) is 6.20. The van der Waals surface area contributed by atoms with Gasteiger partial charge in [0.2, 0.25) is 5.95 Å². The molecule has 0 bridgehead atoms. The van der Waals surface area contributed by atoms with Crippen LogP contribution in [0.4, 0.5) is 11.6 Å². The maximum Gasteiger partial charge on any atom is 0.332 e. The number of benzene rings is 1. The average molecular weight is 475 g/mol. The van der Waals surface area contributed by atoms with E-state index in [2.05, 4.69) is 21.8 Å². The summed E-state index contributed by atoms with van der Waals surface area (Å²) in [6.07, 6.45) is 0. The Balaban J connectivity index is 1.93. The van der Waals surface area contributed by atoms with Crippen LogP contribution in [-0.2, 0) is 20.1 Å². The Morgan fingerprint density at radius 1 is 1.14 bits per heavy atom. The fraction of sp³-hybridized carbons (Fsp3) is 0.360. The van der Waals surface area contributed by atoms with Gasteiger partial charge in [0.1, 0.15) is 0 Å². The highest BCUT2D eigenvalue weighted by molar-refractivity contribution is 5.82. The average Bonchev–Trinajstić information content (AvgIpc) is 3.18. The summed E-state index contributed by atoms with van der Waals surface area (Å²) in [5.41, 5.74) is 13.1. The predicted molar refractivity (Wildman–Crippen MR) is 139 cm³/mol. The molecule has 10 nitrogen and oxygen atoms in total. The predicted octanol–water partition coefficient (Wildman–Crippen LogP) is 1.27. The van der Waals surface area contributed by atoms with Gasteiger partial charge in [0.05, 0.1) is 30.0 Å². The maximum absolute atomic E-state index is 13.7. The third-order valence-electron chi connectivity index (χ3n) is 5.76. The van der Waals surface area contributed by atoms with Crippen molar-refractivity contribution in [1.82, 2.24) is 23.7 Å². The molecule has 0 amide bonds. The van der Waals surface area contributed by atoms with Crippen LogP contribution in [0, 0.1) is 11.8 Å². The number of hydrogen-bond donors (Lipinski definition) is 2. The van der Waals surface area contributed by atoms with Crippen molar-refractivity contribution >= 4 is 33.7 Å². The van der Waals surface area contributed by atoms with Crippen LogP contribution in [-0.4, -0.2) is 42.8 Å². The number of rotatable bonds is 6. The number of hydrogen-bond acceptors (Lipinski definition) is 7.